The predicted molar refractivity (Wildman–Crippen MR) is 77.9 cm³/mol. The van der Waals surface area contributed by atoms with Crippen LogP contribution in [0.15, 0.2) is 30.5 Å². The number of nitrogens with zero attached hydrogens (tertiary/aromatic N) is 2. The lowest BCUT2D eigenvalue weighted by Crippen LogP contribution is -2.46. The van der Waals surface area contributed by atoms with Crippen LogP contribution < -0.4 is 9.64 Å². The van der Waals surface area contributed by atoms with Crippen LogP contribution in [0.3, 0.4) is 0 Å². The first-order chi connectivity index (χ1) is 10.2. The standard InChI is InChI=1S/C15H16N2O4/c1-20-12-4-2-3-11-10(12)5-6-16-14(11)17-7-8-21-13(9-17)15(18)19/h2-6,13H,7-9H2,1H3,(H,18,19). The van der Waals surface area contributed by atoms with Gasteiger partial charge in [0, 0.05) is 23.5 Å². The minimum Gasteiger partial charge on any atom is -0.496 e. The van der Waals surface area contributed by atoms with Gasteiger partial charge in [0.15, 0.2) is 6.10 Å². The van der Waals surface area contributed by atoms with E-state index in [9.17, 15) is 4.79 Å². The van der Waals surface area contributed by atoms with Gasteiger partial charge in [0.2, 0.25) is 0 Å². The molecule has 0 saturated carbocycles. The molecule has 1 fully saturated rings. The smallest absolute Gasteiger partial charge is 0.334 e. The van der Waals surface area contributed by atoms with Gasteiger partial charge in [0.05, 0.1) is 20.3 Å². The third-order valence-corrected chi connectivity index (χ3v) is 3.61. The largest absolute Gasteiger partial charge is 0.496 e. The molecule has 1 aliphatic rings. The van der Waals surface area contributed by atoms with Crippen LogP contribution in [0.4, 0.5) is 5.82 Å². The van der Waals surface area contributed by atoms with Crippen LogP contribution in [-0.4, -0.2) is 49.0 Å². The Morgan fingerprint density at radius 3 is 3.05 bits per heavy atom. The van der Waals surface area contributed by atoms with Crippen molar-refractivity contribution in [3.63, 3.8) is 0 Å². The molecule has 0 amide bonds. The van der Waals surface area contributed by atoms with Gasteiger partial charge in [-0.3, -0.25) is 0 Å². The van der Waals surface area contributed by atoms with Crippen molar-refractivity contribution in [3.8, 4) is 5.75 Å². The predicted octanol–water partition coefficient (Wildman–Crippen LogP) is 1.53. The summed E-state index contributed by atoms with van der Waals surface area (Å²) in [5, 5.41) is 11.0. The van der Waals surface area contributed by atoms with Crippen molar-refractivity contribution in [3.05, 3.63) is 30.5 Å². The van der Waals surface area contributed by atoms with E-state index in [2.05, 4.69) is 4.98 Å². The van der Waals surface area contributed by atoms with E-state index in [0.717, 1.165) is 22.3 Å². The molecule has 2 aromatic rings. The highest BCUT2D eigenvalue weighted by Crippen LogP contribution is 2.31. The third kappa shape index (κ3) is 2.50. The molecule has 21 heavy (non-hydrogen) atoms. The van der Waals surface area contributed by atoms with Gasteiger partial charge in [-0.15, -0.1) is 0 Å². The Balaban J connectivity index is 2.02. The number of fused-ring (bicyclic) bond motifs is 1. The maximum Gasteiger partial charge on any atom is 0.334 e. The summed E-state index contributed by atoms with van der Waals surface area (Å²) in [5.41, 5.74) is 0. The number of hydrogen-bond acceptors (Lipinski definition) is 5. The van der Waals surface area contributed by atoms with E-state index in [1.807, 2.05) is 29.2 Å². The average molecular weight is 288 g/mol. The van der Waals surface area contributed by atoms with Gasteiger partial charge in [0.25, 0.3) is 0 Å². The highest BCUT2D eigenvalue weighted by atomic mass is 16.5. The summed E-state index contributed by atoms with van der Waals surface area (Å²) < 4.78 is 10.6. The number of ether oxygens (including phenoxy) is 2. The fraction of sp³-hybridized carbons (Fsp3) is 0.333. The molecule has 0 bridgehead atoms. The first-order valence-electron chi connectivity index (χ1n) is 6.72. The maximum atomic E-state index is 11.1. The number of anilines is 1. The molecule has 0 aliphatic carbocycles. The van der Waals surface area contributed by atoms with Crippen LogP contribution in [0.25, 0.3) is 10.8 Å². The topological polar surface area (TPSA) is 71.9 Å². The Morgan fingerprint density at radius 1 is 1.43 bits per heavy atom. The lowest BCUT2D eigenvalue weighted by atomic mass is 10.1. The number of carbonyl (C=O) groups is 1. The van der Waals surface area contributed by atoms with Crippen LogP contribution in [0.5, 0.6) is 5.75 Å². The molecule has 1 N–H and O–H groups in total. The monoisotopic (exact) mass is 288 g/mol. The molecular weight excluding hydrogens is 272 g/mol. The van der Waals surface area contributed by atoms with Gasteiger partial charge >= 0.3 is 5.97 Å². The zero-order valence-corrected chi connectivity index (χ0v) is 11.7. The molecule has 6 heteroatoms. The molecule has 1 aliphatic heterocycles. The van der Waals surface area contributed by atoms with Crippen LogP contribution in [-0.2, 0) is 9.53 Å². The summed E-state index contributed by atoms with van der Waals surface area (Å²) in [6.45, 7) is 1.28. The highest BCUT2D eigenvalue weighted by Gasteiger charge is 2.27. The molecule has 1 saturated heterocycles. The van der Waals surface area contributed by atoms with E-state index in [-0.39, 0.29) is 0 Å². The van der Waals surface area contributed by atoms with Gasteiger partial charge in [0.1, 0.15) is 11.6 Å². The number of pyridine rings is 1. The summed E-state index contributed by atoms with van der Waals surface area (Å²) >= 11 is 0. The molecule has 1 unspecified atom stereocenters. The summed E-state index contributed by atoms with van der Waals surface area (Å²) in [5.74, 6) is 0.595. The van der Waals surface area contributed by atoms with Crippen molar-refractivity contribution < 1.29 is 19.4 Å². The van der Waals surface area contributed by atoms with Crippen molar-refractivity contribution in [2.24, 2.45) is 0 Å². The van der Waals surface area contributed by atoms with Gasteiger partial charge < -0.3 is 19.5 Å². The zero-order chi connectivity index (χ0) is 14.8. The van der Waals surface area contributed by atoms with Crippen molar-refractivity contribution in [2.45, 2.75) is 6.10 Å². The van der Waals surface area contributed by atoms with E-state index in [0.29, 0.717) is 19.7 Å². The summed E-state index contributed by atoms with van der Waals surface area (Å²) in [4.78, 5) is 17.5. The minimum atomic E-state index is -0.947. The van der Waals surface area contributed by atoms with Crippen LogP contribution >= 0.6 is 0 Å². The van der Waals surface area contributed by atoms with Crippen LogP contribution in [0.2, 0.25) is 0 Å². The Bertz CT molecular complexity index is 674. The summed E-state index contributed by atoms with van der Waals surface area (Å²) in [7, 11) is 1.63. The Labute approximate surface area is 121 Å². The number of hydrogen-bond donors (Lipinski definition) is 1. The Morgan fingerprint density at radius 2 is 2.29 bits per heavy atom. The van der Waals surface area contributed by atoms with Crippen LogP contribution in [0, 0.1) is 0 Å². The van der Waals surface area contributed by atoms with Gasteiger partial charge in [-0.2, -0.15) is 0 Å². The summed E-state index contributed by atoms with van der Waals surface area (Å²) in [6, 6.07) is 7.66. The molecule has 110 valence electrons. The lowest BCUT2D eigenvalue weighted by molar-refractivity contribution is -0.150. The Hall–Kier alpha value is -2.34. The Kier molecular flexibility index (Phi) is 3.62. The first-order valence-corrected chi connectivity index (χ1v) is 6.72. The highest BCUT2D eigenvalue weighted by molar-refractivity contribution is 5.96. The zero-order valence-electron chi connectivity index (χ0n) is 11.7. The average Bonchev–Trinajstić information content (AvgIpc) is 2.53. The lowest BCUT2D eigenvalue weighted by Gasteiger charge is -2.32. The van der Waals surface area contributed by atoms with Crippen molar-refractivity contribution in [1.29, 1.82) is 0 Å². The third-order valence-electron chi connectivity index (χ3n) is 3.61. The molecule has 2 heterocycles. The number of aliphatic carboxylic acids is 1. The maximum absolute atomic E-state index is 11.1. The molecule has 1 aromatic heterocycles. The summed E-state index contributed by atoms with van der Waals surface area (Å²) in [6.07, 6.45) is 0.896. The fourth-order valence-corrected chi connectivity index (χ4v) is 2.58. The van der Waals surface area contributed by atoms with Gasteiger partial charge in [-0.05, 0) is 12.1 Å². The number of benzene rings is 1. The molecule has 1 atom stereocenters. The van der Waals surface area contributed by atoms with Crippen LogP contribution in [0.1, 0.15) is 0 Å². The number of methoxy groups -OCH3 is 1. The number of rotatable bonds is 3. The fourth-order valence-electron chi connectivity index (χ4n) is 2.58. The van der Waals surface area contributed by atoms with Gasteiger partial charge in [-0.25, -0.2) is 9.78 Å². The number of carboxylic acid groups (broad SMARTS) is 1. The molecule has 0 radical (unpaired) electrons. The number of carboxylic acids is 1. The molecule has 6 nitrogen and oxygen atoms in total. The van der Waals surface area contributed by atoms with Gasteiger partial charge in [-0.1, -0.05) is 12.1 Å². The number of aromatic nitrogens is 1. The van der Waals surface area contributed by atoms with E-state index in [4.69, 9.17) is 14.6 Å². The second-order valence-electron chi connectivity index (χ2n) is 4.83. The normalized spacial score (nSPS) is 18.7. The van der Waals surface area contributed by atoms with Crippen molar-refractivity contribution >= 4 is 22.6 Å². The van der Waals surface area contributed by atoms with E-state index < -0.39 is 12.1 Å². The van der Waals surface area contributed by atoms with E-state index in [1.165, 1.54) is 0 Å². The van der Waals surface area contributed by atoms with Crippen molar-refractivity contribution in [1.82, 2.24) is 4.98 Å². The molecule has 1 aromatic carbocycles. The van der Waals surface area contributed by atoms with Crippen molar-refractivity contribution in [2.75, 3.05) is 31.7 Å². The molecule has 0 spiro atoms. The second-order valence-corrected chi connectivity index (χ2v) is 4.83. The molecule has 3 rings (SSSR count). The van der Waals surface area contributed by atoms with E-state index >= 15 is 0 Å². The quantitative estimate of drug-likeness (QED) is 0.923. The van der Waals surface area contributed by atoms with E-state index in [1.54, 1.807) is 13.3 Å². The minimum absolute atomic E-state index is 0.290. The molecular formula is C15H16N2O4. The SMILES string of the molecule is COc1cccc2c(N3CCOC(C(=O)O)C3)nccc12. The first kappa shape index (κ1) is 13.6. The number of morpholine rings is 1. The second kappa shape index (κ2) is 5.57.